The number of carbonyl (C=O) groups excluding carboxylic acids is 1. The van der Waals surface area contributed by atoms with Crippen molar-refractivity contribution in [3.05, 3.63) is 28.2 Å². The predicted octanol–water partition coefficient (Wildman–Crippen LogP) is 4.31. The van der Waals surface area contributed by atoms with Crippen molar-refractivity contribution in [2.24, 2.45) is 0 Å². The maximum atomic E-state index is 11.3. The molecule has 2 nitrogen and oxygen atoms in total. The standard InChI is InChI=1S/C11H11Cl3O2/c12-6-2-1-3-11(15)16-8-4-5-9(13)10(14)7-8/h4-5,7H,1-3,6H2. The summed E-state index contributed by atoms with van der Waals surface area (Å²) in [5.41, 5.74) is 0. The highest BCUT2D eigenvalue weighted by molar-refractivity contribution is 6.42. The first-order valence-corrected chi connectivity index (χ1v) is 6.14. The van der Waals surface area contributed by atoms with Gasteiger partial charge in [-0.15, -0.1) is 11.6 Å². The van der Waals surface area contributed by atoms with Gasteiger partial charge >= 0.3 is 5.97 Å². The van der Waals surface area contributed by atoms with Crippen molar-refractivity contribution in [3.8, 4) is 5.75 Å². The van der Waals surface area contributed by atoms with Crippen molar-refractivity contribution >= 4 is 40.8 Å². The summed E-state index contributed by atoms with van der Waals surface area (Å²) in [7, 11) is 0. The van der Waals surface area contributed by atoms with E-state index in [9.17, 15) is 4.79 Å². The van der Waals surface area contributed by atoms with Crippen LogP contribution in [0.15, 0.2) is 18.2 Å². The fourth-order valence-corrected chi connectivity index (χ4v) is 1.56. The maximum absolute atomic E-state index is 11.3. The summed E-state index contributed by atoms with van der Waals surface area (Å²) in [4.78, 5) is 11.3. The van der Waals surface area contributed by atoms with E-state index in [2.05, 4.69) is 0 Å². The number of esters is 1. The average Bonchev–Trinajstić information content (AvgIpc) is 2.24. The molecule has 0 N–H and O–H groups in total. The van der Waals surface area contributed by atoms with Crippen molar-refractivity contribution < 1.29 is 9.53 Å². The number of halogens is 3. The molecular weight excluding hydrogens is 270 g/mol. The van der Waals surface area contributed by atoms with Crippen LogP contribution in [0.5, 0.6) is 5.75 Å². The van der Waals surface area contributed by atoms with Gasteiger partial charge in [0.1, 0.15) is 5.75 Å². The highest BCUT2D eigenvalue weighted by Gasteiger charge is 2.06. The molecule has 0 fully saturated rings. The monoisotopic (exact) mass is 280 g/mol. The van der Waals surface area contributed by atoms with Gasteiger partial charge in [-0.2, -0.15) is 0 Å². The molecule has 0 radical (unpaired) electrons. The maximum Gasteiger partial charge on any atom is 0.311 e. The molecule has 1 rings (SSSR count). The van der Waals surface area contributed by atoms with Gasteiger partial charge in [0, 0.05) is 18.4 Å². The number of ether oxygens (including phenoxy) is 1. The Balaban J connectivity index is 2.46. The Morgan fingerprint density at radius 3 is 2.56 bits per heavy atom. The lowest BCUT2D eigenvalue weighted by atomic mass is 10.2. The zero-order valence-corrected chi connectivity index (χ0v) is 10.8. The lowest BCUT2D eigenvalue weighted by molar-refractivity contribution is -0.134. The Morgan fingerprint density at radius 2 is 1.94 bits per heavy atom. The van der Waals surface area contributed by atoms with E-state index in [4.69, 9.17) is 39.5 Å². The summed E-state index contributed by atoms with van der Waals surface area (Å²) in [6.07, 6.45) is 1.88. The Kier molecular flexibility index (Phi) is 5.96. The highest BCUT2D eigenvalue weighted by Crippen LogP contribution is 2.26. The SMILES string of the molecule is O=C(CCCCCl)Oc1ccc(Cl)c(Cl)c1. The Morgan fingerprint density at radius 1 is 1.19 bits per heavy atom. The van der Waals surface area contributed by atoms with Crippen molar-refractivity contribution in [1.29, 1.82) is 0 Å². The van der Waals surface area contributed by atoms with Crippen LogP contribution >= 0.6 is 34.8 Å². The van der Waals surface area contributed by atoms with Crippen LogP contribution in [0.25, 0.3) is 0 Å². The third-order valence-corrected chi connectivity index (χ3v) is 2.89. The van der Waals surface area contributed by atoms with Crippen molar-refractivity contribution in [1.82, 2.24) is 0 Å². The Hall–Kier alpha value is -0.440. The highest BCUT2D eigenvalue weighted by atomic mass is 35.5. The van der Waals surface area contributed by atoms with Crippen LogP contribution in [0.4, 0.5) is 0 Å². The quantitative estimate of drug-likeness (QED) is 0.348. The summed E-state index contributed by atoms with van der Waals surface area (Å²) in [6, 6.07) is 4.71. The summed E-state index contributed by atoms with van der Waals surface area (Å²) >= 11 is 17.0. The van der Waals surface area contributed by atoms with Crippen LogP contribution in [-0.4, -0.2) is 11.8 Å². The first kappa shape index (κ1) is 13.6. The first-order valence-electron chi connectivity index (χ1n) is 4.85. The molecule has 0 atom stereocenters. The Bertz CT molecular complexity index is 366. The zero-order chi connectivity index (χ0) is 12.0. The largest absolute Gasteiger partial charge is 0.426 e. The number of hydrogen-bond donors (Lipinski definition) is 0. The second-order valence-corrected chi connectivity index (χ2v) is 4.39. The molecule has 0 amide bonds. The van der Waals surface area contributed by atoms with E-state index >= 15 is 0 Å². The molecule has 0 aliphatic carbocycles. The smallest absolute Gasteiger partial charge is 0.311 e. The van der Waals surface area contributed by atoms with Crippen LogP contribution in [0.3, 0.4) is 0 Å². The van der Waals surface area contributed by atoms with E-state index in [0.717, 1.165) is 12.8 Å². The van der Waals surface area contributed by atoms with E-state index in [1.807, 2.05) is 0 Å². The molecular formula is C11H11Cl3O2. The van der Waals surface area contributed by atoms with Gasteiger partial charge in [-0.25, -0.2) is 0 Å². The second kappa shape index (κ2) is 7.00. The molecule has 88 valence electrons. The van der Waals surface area contributed by atoms with E-state index in [-0.39, 0.29) is 5.97 Å². The third kappa shape index (κ3) is 4.60. The van der Waals surface area contributed by atoms with E-state index in [1.165, 1.54) is 6.07 Å². The molecule has 0 saturated heterocycles. The minimum absolute atomic E-state index is 0.288. The molecule has 0 aliphatic rings. The molecule has 0 aromatic heterocycles. The minimum Gasteiger partial charge on any atom is -0.426 e. The first-order chi connectivity index (χ1) is 7.63. The van der Waals surface area contributed by atoms with Gasteiger partial charge in [-0.3, -0.25) is 4.79 Å². The zero-order valence-electron chi connectivity index (χ0n) is 8.51. The molecule has 16 heavy (non-hydrogen) atoms. The molecule has 0 unspecified atom stereocenters. The van der Waals surface area contributed by atoms with Crippen molar-refractivity contribution in [2.45, 2.75) is 19.3 Å². The van der Waals surface area contributed by atoms with Crippen LogP contribution < -0.4 is 4.74 Å². The van der Waals surface area contributed by atoms with Gasteiger partial charge in [-0.05, 0) is 25.0 Å². The molecule has 0 bridgehead atoms. The fourth-order valence-electron chi connectivity index (χ4n) is 1.09. The van der Waals surface area contributed by atoms with Gasteiger partial charge in [0.25, 0.3) is 0 Å². The lowest BCUT2D eigenvalue weighted by Gasteiger charge is -2.04. The summed E-state index contributed by atoms with van der Waals surface area (Å²) in [5.74, 6) is 0.675. The van der Waals surface area contributed by atoms with E-state index in [1.54, 1.807) is 12.1 Å². The number of unbranched alkanes of at least 4 members (excludes halogenated alkanes) is 1. The molecule has 0 saturated carbocycles. The number of alkyl halides is 1. The molecule has 0 heterocycles. The molecule has 0 spiro atoms. The van der Waals surface area contributed by atoms with Gasteiger partial charge in [0.2, 0.25) is 0 Å². The summed E-state index contributed by atoms with van der Waals surface area (Å²) in [6.45, 7) is 0. The summed E-state index contributed by atoms with van der Waals surface area (Å²) < 4.78 is 5.07. The third-order valence-electron chi connectivity index (χ3n) is 1.89. The number of hydrogen-bond acceptors (Lipinski definition) is 2. The van der Waals surface area contributed by atoms with E-state index < -0.39 is 0 Å². The van der Waals surface area contributed by atoms with Crippen LogP contribution in [0.1, 0.15) is 19.3 Å². The molecule has 1 aromatic carbocycles. The molecule has 1 aromatic rings. The molecule has 5 heteroatoms. The Labute approximate surface area is 109 Å². The number of carbonyl (C=O) groups is 1. The second-order valence-electron chi connectivity index (χ2n) is 3.20. The minimum atomic E-state index is -0.288. The number of rotatable bonds is 5. The van der Waals surface area contributed by atoms with Crippen LogP contribution in [0.2, 0.25) is 10.0 Å². The molecule has 0 aliphatic heterocycles. The van der Waals surface area contributed by atoms with Gasteiger partial charge < -0.3 is 4.74 Å². The summed E-state index contributed by atoms with van der Waals surface area (Å²) in [5, 5.41) is 0.802. The predicted molar refractivity (Wildman–Crippen MR) is 66.7 cm³/mol. The van der Waals surface area contributed by atoms with Gasteiger partial charge in [-0.1, -0.05) is 23.2 Å². The van der Waals surface area contributed by atoms with Crippen LogP contribution in [0, 0.1) is 0 Å². The van der Waals surface area contributed by atoms with Gasteiger partial charge in [0.05, 0.1) is 10.0 Å². The van der Waals surface area contributed by atoms with Crippen LogP contribution in [-0.2, 0) is 4.79 Å². The fraction of sp³-hybridized carbons (Fsp3) is 0.364. The average molecular weight is 282 g/mol. The topological polar surface area (TPSA) is 26.3 Å². The van der Waals surface area contributed by atoms with E-state index in [0.29, 0.717) is 28.1 Å². The number of benzene rings is 1. The van der Waals surface area contributed by atoms with Gasteiger partial charge in [0.15, 0.2) is 0 Å². The normalized spacial score (nSPS) is 10.2. The van der Waals surface area contributed by atoms with Crippen molar-refractivity contribution in [2.75, 3.05) is 5.88 Å². The lowest BCUT2D eigenvalue weighted by Crippen LogP contribution is -2.07. The van der Waals surface area contributed by atoms with Crippen molar-refractivity contribution in [3.63, 3.8) is 0 Å².